The molecule has 1 heterocycles. The minimum atomic E-state index is 0.636. The maximum Gasteiger partial charge on any atom is 0.174 e. The first-order chi connectivity index (χ1) is 10.7. The van der Waals surface area contributed by atoms with Gasteiger partial charge in [-0.1, -0.05) is 6.08 Å². The molecule has 0 N–H and O–H groups in total. The zero-order chi connectivity index (χ0) is 15.9. The highest BCUT2D eigenvalue weighted by atomic mass is 127. The van der Waals surface area contributed by atoms with Crippen LogP contribution in [0.15, 0.2) is 18.2 Å². The molecular formula is C16H19IN2O3. The number of allylic oxidation sites excluding steroid dienone is 1. The lowest BCUT2D eigenvalue weighted by Crippen LogP contribution is -2.36. The van der Waals surface area contributed by atoms with Crippen LogP contribution in [0, 0.1) is 14.9 Å². The number of nitriles is 1. The molecule has 0 unspecified atom stereocenters. The maximum absolute atomic E-state index is 9.45. The highest BCUT2D eigenvalue weighted by molar-refractivity contribution is 14.1. The number of hydrogen-bond donors (Lipinski definition) is 0. The van der Waals surface area contributed by atoms with Crippen LogP contribution < -0.4 is 9.47 Å². The number of ether oxygens (including phenoxy) is 3. The summed E-state index contributed by atoms with van der Waals surface area (Å²) in [5.74, 6) is 1.33. The highest BCUT2D eigenvalue weighted by Gasteiger charge is 2.14. The zero-order valence-corrected chi connectivity index (χ0v) is 14.9. The van der Waals surface area contributed by atoms with Crippen molar-refractivity contribution in [1.82, 2.24) is 4.90 Å². The first-order valence-electron chi connectivity index (χ1n) is 7.01. The Morgan fingerprint density at radius 3 is 2.68 bits per heavy atom. The molecule has 0 aliphatic carbocycles. The first-order valence-corrected chi connectivity index (χ1v) is 8.09. The predicted molar refractivity (Wildman–Crippen MR) is 93.1 cm³/mol. The Hall–Kier alpha value is -1.30. The fourth-order valence-electron chi connectivity index (χ4n) is 2.31. The van der Waals surface area contributed by atoms with Crippen LogP contribution in [-0.4, -0.2) is 52.0 Å². The Bertz CT molecular complexity index is 590. The molecule has 0 aromatic heterocycles. The third kappa shape index (κ3) is 4.12. The first kappa shape index (κ1) is 17.1. The molecule has 1 aliphatic heterocycles. The molecule has 1 aromatic carbocycles. The molecule has 0 radical (unpaired) electrons. The Labute approximate surface area is 144 Å². The van der Waals surface area contributed by atoms with E-state index < -0.39 is 0 Å². The van der Waals surface area contributed by atoms with Gasteiger partial charge >= 0.3 is 0 Å². The monoisotopic (exact) mass is 414 g/mol. The van der Waals surface area contributed by atoms with Gasteiger partial charge in [-0.05, 0) is 40.3 Å². The molecule has 1 aromatic rings. The van der Waals surface area contributed by atoms with Crippen LogP contribution >= 0.6 is 22.6 Å². The van der Waals surface area contributed by atoms with Gasteiger partial charge in [0.15, 0.2) is 11.5 Å². The second-order valence-corrected chi connectivity index (χ2v) is 6.00. The lowest BCUT2D eigenvalue weighted by Gasteiger charge is -2.25. The average Bonchev–Trinajstić information content (AvgIpc) is 2.55. The zero-order valence-electron chi connectivity index (χ0n) is 12.8. The highest BCUT2D eigenvalue weighted by Crippen LogP contribution is 2.35. The molecule has 6 heteroatoms. The van der Waals surface area contributed by atoms with E-state index in [1.165, 1.54) is 0 Å². The minimum Gasteiger partial charge on any atom is -0.493 e. The maximum atomic E-state index is 9.45. The summed E-state index contributed by atoms with van der Waals surface area (Å²) in [6.45, 7) is 4.06. The van der Waals surface area contributed by atoms with E-state index in [0.29, 0.717) is 17.1 Å². The molecule has 1 fully saturated rings. The van der Waals surface area contributed by atoms with Crippen molar-refractivity contribution in [3.8, 4) is 17.6 Å². The van der Waals surface area contributed by atoms with Gasteiger partial charge in [0, 0.05) is 19.6 Å². The van der Waals surface area contributed by atoms with Gasteiger partial charge in [0.1, 0.15) is 0 Å². The average molecular weight is 414 g/mol. The Morgan fingerprint density at radius 1 is 1.36 bits per heavy atom. The molecule has 118 valence electrons. The van der Waals surface area contributed by atoms with E-state index in [-0.39, 0.29) is 0 Å². The molecule has 2 rings (SSSR count). The van der Waals surface area contributed by atoms with Crippen molar-refractivity contribution in [2.24, 2.45) is 0 Å². The fourth-order valence-corrected chi connectivity index (χ4v) is 3.13. The number of halogens is 1. The van der Waals surface area contributed by atoms with Crippen molar-refractivity contribution in [2.45, 2.75) is 0 Å². The Kier molecular flexibility index (Phi) is 6.49. The van der Waals surface area contributed by atoms with Crippen LogP contribution in [0.2, 0.25) is 0 Å². The molecule has 0 saturated carbocycles. The number of nitrogens with zero attached hydrogens (tertiary/aromatic N) is 2. The summed E-state index contributed by atoms with van der Waals surface area (Å²) >= 11 is 2.19. The Morgan fingerprint density at radius 2 is 2.09 bits per heavy atom. The van der Waals surface area contributed by atoms with Gasteiger partial charge in [0.25, 0.3) is 0 Å². The van der Waals surface area contributed by atoms with Crippen molar-refractivity contribution < 1.29 is 14.2 Å². The van der Waals surface area contributed by atoms with Gasteiger partial charge in [-0.25, -0.2) is 0 Å². The van der Waals surface area contributed by atoms with Crippen LogP contribution in [0.3, 0.4) is 0 Å². The van der Waals surface area contributed by atoms with Crippen molar-refractivity contribution in [2.75, 3.05) is 47.1 Å². The van der Waals surface area contributed by atoms with Crippen LogP contribution in [-0.2, 0) is 4.74 Å². The molecule has 1 aliphatic rings. The van der Waals surface area contributed by atoms with E-state index in [9.17, 15) is 5.26 Å². The van der Waals surface area contributed by atoms with E-state index in [1.807, 2.05) is 18.2 Å². The summed E-state index contributed by atoms with van der Waals surface area (Å²) < 4.78 is 16.9. The third-order valence-electron chi connectivity index (χ3n) is 3.52. The quantitative estimate of drug-likeness (QED) is 0.548. The molecule has 22 heavy (non-hydrogen) atoms. The van der Waals surface area contributed by atoms with E-state index >= 15 is 0 Å². The summed E-state index contributed by atoms with van der Waals surface area (Å²) in [4.78, 5) is 2.27. The molecule has 0 atom stereocenters. The lowest BCUT2D eigenvalue weighted by atomic mass is 10.1. The van der Waals surface area contributed by atoms with Crippen LogP contribution in [0.4, 0.5) is 0 Å². The lowest BCUT2D eigenvalue weighted by molar-refractivity contribution is 0.0435. The van der Waals surface area contributed by atoms with Gasteiger partial charge in [-0.15, -0.1) is 0 Å². The van der Waals surface area contributed by atoms with Gasteiger partial charge in [0.05, 0.1) is 42.6 Å². The van der Waals surface area contributed by atoms with Gasteiger partial charge in [-0.2, -0.15) is 5.26 Å². The van der Waals surface area contributed by atoms with Gasteiger partial charge in [0.2, 0.25) is 0 Å². The second kappa shape index (κ2) is 8.36. The summed E-state index contributed by atoms with van der Waals surface area (Å²) in [6, 6.07) is 6.06. The summed E-state index contributed by atoms with van der Waals surface area (Å²) in [5.41, 5.74) is 1.49. The van der Waals surface area contributed by atoms with Gasteiger partial charge < -0.3 is 14.2 Å². The predicted octanol–water partition coefficient (Wildman–Crippen LogP) is 2.55. The van der Waals surface area contributed by atoms with E-state index in [4.69, 9.17) is 14.2 Å². The number of hydrogen-bond acceptors (Lipinski definition) is 5. The number of methoxy groups -OCH3 is 2. The van der Waals surface area contributed by atoms with E-state index in [1.54, 1.807) is 14.2 Å². The van der Waals surface area contributed by atoms with Crippen LogP contribution in [0.25, 0.3) is 5.57 Å². The standard InChI is InChI=1S/C16H19IN2O3/c1-20-15-10-13(9-14(17)16(15)21-2)12(11-18)3-4-19-5-7-22-8-6-19/h3,9-10H,4-8H2,1-2H3/b12-3+. The van der Waals surface area contributed by atoms with Crippen LogP contribution in [0.1, 0.15) is 5.56 Å². The van der Waals surface area contributed by atoms with Crippen molar-refractivity contribution in [3.05, 3.63) is 27.3 Å². The van der Waals surface area contributed by atoms with E-state index in [2.05, 4.69) is 33.6 Å². The number of rotatable bonds is 5. The summed E-state index contributed by atoms with van der Waals surface area (Å²) in [6.07, 6.45) is 1.96. The molecule has 0 bridgehead atoms. The fraction of sp³-hybridized carbons (Fsp3) is 0.438. The minimum absolute atomic E-state index is 0.636. The normalized spacial score (nSPS) is 16.2. The second-order valence-electron chi connectivity index (χ2n) is 4.84. The van der Waals surface area contributed by atoms with E-state index in [0.717, 1.165) is 42.0 Å². The molecule has 1 saturated heterocycles. The molecular weight excluding hydrogens is 395 g/mol. The topological polar surface area (TPSA) is 54.7 Å². The SMILES string of the molecule is COc1cc(/C(C#N)=C/CN2CCOCC2)cc(I)c1OC. The largest absolute Gasteiger partial charge is 0.493 e. The molecule has 5 nitrogen and oxygen atoms in total. The molecule has 0 amide bonds. The van der Waals surface area contributed by atoms with Crippen LogP contribution in [0.5, 0.6) is 11.5 Å². The Balaban J connectivity index is 2.23. The smallest absolute Gasteiger partial charge is 0.174 e. The number of benzene rings is 1. The van der Waals surface area contributed by atoms with Crippen molar-refractivity contribution in [1.29, 1.82) is 5.26 Å². The summed E-state index contributed by atoms with van der Waals surface area (Å²) in [7, 11) is 3.21. The third-order valence-corrected chi connectivity index (χ3v) is 4.32. The van der Waals surface area contributed by atoms with Gasteiger partial charge in [-0.3, -0.25) is 4.90 Å². The van der Waals surface area contributed by atoms with Crippen molar-refractivity contribution >= 4 is 28.2 Å². The number of morpholine rings is 1. The molecule has 0 spiro atoms. The summed E-state index contributed by atoms with van der Waals surface area (Å²) in [5, 5.41) is 9.45. The van der Waals surface area contributed by atoms with Crippen molar-refractivity contribution in [3.63, 3.8) is 0 Å².